The van der Waals surface area contributed by atoms with Crippen LogP contribution in [-0.4, -0.2) is 5.11 Å². The van der Waals surface area contributed by atoms with E-state index in [2.05, 4.69) is 45.0 Å². The van der Waals surface area contributed by atoms with Gasteiger partial charge in [-0.1, -0.05) is 47.6 Å². The molecule has 1 atom stereocenters. The number of aliphatic hydroxyl groups is 1. The summed E-state index contributed by atoms with van der Waals surface area (Å²) < 4.78 is 0. The van der Waals surface area contributed by atoms with E-state index >= 15 is 0 Å². The van der Waals surface area contributed by atoms with Crippen molar-refractivity contribution < 1.29 is 51.6 Å². The van der Waals surface area contributed by atoms with E-state index in [-0.39, 0.29) is 53.1 Å². The van der Waals surface area contributed by atoms with Gasteiger partial charge in [0, 0.05) is 5.92 Å². The van der Waals surface area contributed by atoms with Crippen LogP contribution in [0, 0.1) is 6.07 Å². The molecule has 2 aromatic rings. The molecule has 1 aliphatic carbocycles. The van der Waals surface area contributed by atoms with Gasteiger partial charge in [-0.3, -0.25) is 0 Å². The van der Waals surface area contributed by atoms with Gasteiger partial charge in [-0.15, -0.1) is 0 Å². The molecule has 0 aromatic heterocycles. The van der Waals surface area contributed by atoms with E-state index in [1.54, 1.807) is 0 Å². The van der Waals surface area contributed by atoms with Crippen LogP contribution < -0.4 is 24.8 Å². The third-order valence-electron chi connectivity index (χ3n) is 4.16. The van der Waals surface area contributed by atoms with Crippen molar-refractivity contribution in [3.8, 4) is 0 Å². The summed E-state index contributed by atoms with van der Waals surface area (Å²) in [5.41, 5.74) is 6.55. The first kappa shape index (κ1) is 26.4. The molecule has 0 saturated heterocycles. The molecule has 131 valence electrons. The second-order valence-electron chi connectivity index (χ2n) is 5.60. The molecule has 0 heterocycles. The Morgan fingerprint density at radius 1 is 0.920 bits per heavy atom. The third-order valence-corrected chi connectivity index (χ3v) is 4.16. The van der Waals surface area contributed by atoms with Crippen molar-refractivity contribution in [2.24, 2.45) is 0 Å². The summed E-state index contributed by atoms with van der Waals surface area (Å²) >= 11 is 0. The van der Waals surface area contributed by atoms with Crippen LogP contribution in [0.15, 0.2) is 77.4 Å². The maximum absolute atomic E-state index is 8.54. The molecular weight excluding hydrogens is 387 g/mol. The van der Waals surface area contributed by atoms with E-state index in [4.69, 9.17) is 5.11 Å². The molecule has 25 heavy (non-hydrogen) atoms. The first-order valence-corrected chi connectivity index (χ1v) is 7.61. The number of benzene rings is 2. The zero-order valence-electron chi connectivity index (χ0n) is 14.8. The zero-order chi connectivity index (χ0) is 15.9. The Bertz CT molecular complexity index is 667. The molecule has 0 spiro atoms. The van der Waals surface area contributed by atoms with Gasteiger partial charge in [-0.05, 0) is 31.9 Å². The monoisotopic (exact) mass is 409 g/mol. The van der Waals surface area contributed by atoms with Gasteiger partial charge >= 0.3 is 21.7 Å². The normalized spacial score (nSPS) is 14.9. The van der Waals surface area contributed by atoms with Crippen LogP contribution in [0.4, 0.5) is 0 Å². The average Bonchev–Trinajstić information content (AvgIpc) is 2.84. The van der Waals surface area contributed by atoms with Crippen LogP contribution in [0.25, 0.3) is 0 Å². The smallest absolute Gasteiger partial charge is 1.00 e. The van der Waals surface area contributed by atoms with Crippen molar-refractivity contribution in [1.82, 2.24) is 0 Å². The van der Waals surface area contributed by atoms with Gasteiger partial charge in [0.25, 0.3) is 0 Å². The van der Waals surface area contributed by atoms with Crippen LogP contribution in [-0.2, 0) is 28.3 Å². The molecule has 0 fully saturated rings. The molecule has 2 aromatic carbocycles. The number of aliphatic hydroxyl groups excluding tert-OH is 1. The molecule has 4 heteroatoms. The van der Waals surface area contributed by atoms with Gasteiger partial charge in [0.1, 0.15) is 0 Å². The van der Waals surface area contributed by atoms with Crippen LogP contribution in [0.1, 0.15) is 37.8 Å². The zero-order valence-corrected chi connectivity index (χ0v) is 17.8. The van der Waals surface area contributed by atoms with Crippen LogP contribution in [0.2, 0.25) is 0 Å². The summed E-state index contributed by atoms with van der Waals surface area (Å²) in [6, 6.07) is 21.1. The van der Waals surface area contributed by atoms with Gasteiger partial charge in [0.2, 0.25) is 0 Å². The van der Waals surface area contributed by atoms with E-state index in [0.29, 0.717) is 5.92 Å². The van der Waals surface area contributed by atoms with E-state index in [9.17, 15) is 0 Å². The van der Waals surface area contributed by atoms with Gasteiger partial charge < -0.3 is 29.9 Å². The second-order valence-corrected chi connectivity index (χ2v) is 5.60. The van der Waals surface area contributed by atoms with Crippen molar-refractivity contribution >= 4 is 0 Å². The van der Waals surface area contributed by atoms with Crippen molar-refractivity contribution in [3.63, 3.8) is 0 Å². The first-order chi connectivity index (χ1) is 10.6. The van der Waals surface area contributed by atoms with Crippen LogP contribution >= 0.6 is 0 Å². The third kappa shape index (κ3) is 7.52. The molecule has 1 unspecified atom stereocenters. The van der Waals surface area contributed by atoms with Gasteiger partial charge in [-0.25, -0.2) is 0 Å². The summed E-state index contributed by atoms with van der Waals surface area (Å²) in [6.45, 7) is 6.74. The number of allylic oxidation sites excluding steroid dienone is 4. The number of hydrogen-bond donors (Lipinski definition) is 1. The van der Waals surface area contributed by atoms with E-state index in [1.807, 2.05) is 42.5 Å². The fourth-order valence-electron chi connectivity index (χ4n) is 2.55. The first-order valence-electron chi connectivity index (χ1n) is 7.61. The van der Waals surface area contributed by atoms with Crippen molar-refractivity contribution in [1.29, 1.82) is 0 Å². The molecule has 1 aliphatic rings. The van der Waals surface area contributed by atoms with Crippen molar-refractivity contribution in [2.45, 2.75) is 33.3 Å². The number of rotatable bonds is 2. The predicted molar refractivity (Wildman–Crippen MR) is 92.5 cm³/mol. The fourth-order valence-corrected chi connectivity index (χ4v) is 2.55. The van der Waals surface area contributed by atoms with Crippen molar-refractivity contribution in [2.75, 3.05) is 0 Å². The molecular formula is C21H23Cl2OTi. The molecule has 1 radical (unpaired) electrons. The molecule has 1 N–H and O–H groups in total. The van der Waals surface area contributed by atoms with E-state index < -0.39 is 0 Å². The summed E-state index contributed by atoms with van der Waals surface area (Å²) in [7, 11) is 0. The Kier molecular flexibility index (Phi) is 14.1. The maximum atomic E-state index is 8.54. The topological polar surface area (TPSA) is 20.2 Å². The summed E-state index contributed by atoms with van der Waals surface area (Å²) in [5.74, 6) is 0.455. The standard InChI is InChI=1S/C14H15.C7H8O.2ClH.Ti/c1-10-9-14(12(3)11(10)2)13-7-5-4-6-8-13;8-6-7-4-2-1-3-5-7;;;/h4-7,9,14H,1-3H3;1-5,8H,6H2;2*1H;/q-1;;;;+3/p-2. The van der Waals surface area contributed by atoms with Crippen molar-refractivity contribution in [3.05, 3.63) is 94.6 Å². The van der Waals surface area contributed by atoms with Gasteiger partial charge in [0.05, 0.1) is 6.61 Å². The number of hydrogen-bond acceptors (Lipinski definition) is 1. The molecule has 0 bridgehead atoms. The number of halogens is 2. The Labute approximate surface area is 179 Å². The Hall–Kier alpha value is -0.826. The Morgan fingerprint density at radius 2 is 1.52 bits per heavy atom. The molecule has 1 nitrogen and oxygen atoms in total. The van der Waals surface area contributed by atoms with Gasteiger partial charge in [0.15, 0.2) is 0 Å². The largest absolute Gasteiger partial charge is 3.00 e. The van der Waals surface area contributed by atoms with Crippen LogP contribution in [0.5, 0.6) is 0 Å². The quantitative estimate of drug-likeness (QED) is 0.501. The summed E-state index contributed by atoms with van der Waals surface area (Å²) in [4.78, 5) is 0. The minimum absolute atomic E-state index is 0. The second kappa shape index (κ2) is 13.4. The van der Waals surface area contributed by atoms with E-state index in [1.165, 1.54) is 22.3 Å². The molecule has 0 amide bonds. The minimum Gasteiger partial charge on any atom is -1.00 e. The summed E-state index contributed by atoms with van der Waals surface area (Å²) in [5, 5.41) is 8.54. The predicted octanol–water partition coefficient (Wildman–Crippen LogP) is -0.949. The minimum atomic E-state index is 0. The molecule has 0 saturated carbocycles. The maximum Gasteiger partial charge on any atom is 3.00 e. The fraction of sp³-hybridized carbons (Fsp3) is 0.238. The Balaban J connectivity index is 0. The molecule has 3 rings (SSSR count). The SMILES string of the molecule is CC1=CC(c2[c-]cccc2)C(C)=C1C.OCc1ccccc1.[Cl-].[Cl-].[Ti+3]. The summed E-state index contributed by atoms with van der Waals surface area (Å²) in [6.07, 6.45) is 2.33. The average molecular weight is 410 g/mol. The molecule has 0 aliphatic heterocycles. The van der Waals surface area contributed by atoms with Gasteiger partial charge in [-0.2, -0.15) is 35.9 Å². The van der Waals surface area contributed by atoms with Crippen LogP contribution in [0.3, 0.4) is 0 Å². The Morgan fingerprint density at radius 3 is 1.92 bits per heavy atom. The van der Waals surface area contributed by atoms with E-state index in [0.717, 1.165) is 5.56 Å².